The summed E-state index contributed by atoms with van der Waals surface area (Å²) in [6.07, 6.45) is 5.08. The summed E-state index contributed by atoms with van der Waals surface area (Å²) in [6, 6.07) is 5.97. The predicted octanol–water partition coefficient (Wildman–Crippen LogP) is 2.89. The van der Waals surface area contributed by atoms with Crippen LogP contribution >= 0.6 is 0 Å². The molecule has 1 heteroatoms. The Morgan fingerprint density at radius 3 is 2.91 bits per heavy atom. The summed E-state index contributed by atoms with van der Waals surface area (Å²) in [5, 5.41) is 0. The van der Waals surface area contributed by atoms with Gasteiger partial charge in [-0.2, -0.15) is 0 Å². The van der Waals surface area contributed by atoms with Gasteiger partial charge in [-0.3, -0.25) is 4.98 Å². The molecule has 11 heavy (non-hydrogen) atoms. The topological polar surface area (TPSA) is 12.9 Å². The highest BCUT2D eigenvalue weighted by Crippen LogP contribution is 2.09. The van der Waals surface area contributed by atoms with Crippen molar-refractivity contribution in [3.05, 3.63) is 36.2 Å². The van der Waals surface area contributed by atoms with Crippen LogP contribution < -0.4 is 0 Å². The summed E-state index contributed by atoms with van der Waals surface area (Å²) in [5.74, 6) is 0. The van der Waals surface area contributed by atoms with Crippen LogP contribution in [-0.2, 0) is 0 Å². The molecule has 0 radical (unpaired) electrons. The van der Waals surface area contributed by atoms with Gasteiger partial charge in [0.15, 0.2) is 0 Å². The van der Waals surface area contributed by atoms with E-state index in [9.17, 15) is 0 Å². The zero-order valence-electron chi connectivity index (χ0n) is 7.04. The minimum Gasteiger partial charge on any atom is -0.257 e. The second-order valence-electron chi connectivity index (χ2n) is 2.51. The molecule has 1 rings (SSSR count). The SMILES string of the molecule is CC/C=C(\C)c1ccccn1. The van der Waals surface area contributed by atoms with Crippen molar-refractivity contribution in [3.63, 3.8) is 0 Å². The van der Waals surface area contributed by atoms with Gasteiger partial charge in [-0.05, 0) is 31.1 Å². The number of hydrogen-bond donors (Lipinski definition) is 0. The lowest BCUT2D eigenvalue weighted by molar-refractivity contribution is 1.20. The van der Waals surface area contributed by atoms with Crippen molar-refractivity contribution in [2.45, 2.75) is 20.3 Å². The highest BCUT2D eigenvalue weighted by atomic mass is 14.7. The lowest BCUT2D eigenvalue weighted by Gasteiger charge is -1.97. The molecule has 0 aliphatic carbocycles. The Bertz CT molecular complexity index is 236. The van der Waals surface area contributed by atoms with Crippen molar-refractivity contribution in [2.75, 3.05) is 0 Å². The fourth-order valence-corrected chi connectivity index (χ4v) is 1.01. The van der Waals surface area contributed by atoms with E-state index in [1.807, 2.05) is 24.4 Å². The van der Waals surface area contributed by atoms with E-state index in [2.05, 4.69) is 24.9 Å². The van der Waals surface area contributed by atoms with Gasteiger partial charge in [0, 0.05) is 6.20 Å². The van der Waals surface area contributed by atoms with Crippen LogP contribution in [-0.4, -0.2) is 4.98 Å². The Balaban J connectivity index is 2.85. The molecule has 58 valence electrons. The Hall–Kier alpha value is -1.11. The summed E-state index contributed by atoms with van der Waals surface area (Å²) < 4.78 is 0. The van der Waals surface area contributed by atoms with Crippen molar-refractivity contribution in [1.82, 2.24) is 4.98 Å². The van der Waals surface area contributed by atoms with E-state index in [0.717, 1.165) is 12.1 Å². The van der Waals surface area contributed by atoms with Gasteiger partial charge in [-0.25, -0.2) is 0 Å². The fraction of sp³-hybridized carbons (Fsp3) is 0.300. The third kappa shape index (κ3) is 2.19. The summed E-state index contributed by atoms with van der Waals surface area (Å²) in [4.78, 5) is 4.23. The second kappa shape index (κ2) is 3.91. The van der Waals surface area contributed by atoms with Gasteiger partial charge in [-0.15, -0.1) is 0 Å². The van der Waals surface area contributed by atoms with Gasteiger partial charge >= 0.3 is 0 Å². The van der Waals surface area contributed by atoms with Gasteiger partial charge in [0.1, 0.15) is 0 Å². The van der Waals surface area contributed by atoms with Crippen LogP contribution in [0, 0.1) is 0 Å². The first-order chi connectivity index (χ1) is 5.34. The quantitative estimate of drug-likeness (QED) is 0.626. The molecule has 1 heterocycles. The Labute approximate surface area is 67.8 Å². The molecule has 0 aromatic carbocycles. The zero-order chi connectivity index (χ0) is 8.10. The van der Waals surface area contributed by atoms with Crippen LogP contribution in [0.4, 0.5) is 0 Å². The number of allylic oxidation sites excluding steroid dienone is 2. The fourth-order valence-electron chi connectivity index (χ4n) is 1.01. The zero-order valence-corrected chi connectivity index (χ0v) is 7.04. The lowest BCUT2D eigenvalue weighted by atomic mass is 10.2. The monoisotopic (exact) mass is 147 g/mol. The first kappa shape index (κ1) is 7.99. The smallest absolute Gasteiger partial charge is 0.0655 e. The van der Waals surface area contributed by atoms with Gasteiger partial charge in [0.05, 0.1) is 5.69 Å². The van der Waals surface area contributed by atoms with Crippen molar-refractivity contribution in [2.24, 2.45) is 0 Å². The first-order valence-electron chi connectivity index (χ1n) is 3.92. The first-order valence-corrected chi connectivity index (χ1v) is 3.92. The standard InChI is InChI=1S/C10H13N/c1-3-6-9(2)10-7-4-5-8-11-10/h4-8H,3H2,1-2H3/b9-6+. The number of hydrogen-bond acceptors (Lipinski definition) is 1. The van der Waals surface area contributed by atoms with Crippen molar-refractivity contribution in [3.8, 4) is 0 Å². The highest BCUT2D eigenvalue weighted by molar-refractivity contribution is 5.59. The lowest BCUT2D eigenvalue weighted by Crippen LogP contribution is -1.82. The van der Waals surface area contributed by atoms with E-state index in [1.54, 1.807) is 0 Å². The number of pyridine rings is 1. The molecule has 0 spiro atoms. The maximum Gasteiger partial charge on any atom is 0.0655 e. The van der Waals surface area contributed by atoms with E-state index in [4.69, 9.17) is 0 Å². The normalized spacial score (nSPS) is 11.6. The van der Waals surface area contributed by atoms with Crippen LogP contribution in [0.1, 0.15) is 26.0 Å². The van der Waals surface area contributed by atoms with Gasteiger partial charge in [0.2, 0.25) is 0 Å². The second-order valence-corrected chi connectivity index (χ2v) is 2.51. The van der Waals surface area contributed by atoms with Crippen LogP contribution in [0.15, 0.2) is 30.5 Å². The Morgan fingerprint density at radius 2 is 2.36 bits per heavy atom. The molecule has 1 nitrogen and oxygen atoms in total. The Kier molecular flexibility index (Phi) is 2.84. The largest absolute Gasteiger partial charge is 0.257 e. The van der Waals surface area contributed by atoms with Crippen LogP contribution in [0.5, 0.6) is 0 Å². The molecule has 0 amide bonds. The van der Waals surface area contributed by atoms with E-state index < -0.39 is 0 Å². The van der Waals surface area contributed by atoms with Crippen LogP contribution in [0.3, 0.4) is 0 Å². The molecular formula is C10H13N. The van der Waals surface area contributed by atoms with E-state index >= 15 is 0 Å². The molecule has 0 saturated heterocycles. The Morgan fingerprint density at radius 1 is 1.55 bits per heavy atom. The van der Waals surface area contributed by atoms with Crippen LogP contribution in [0.25, 0.3) is 5.57 Å². The molecular weight excluding hydrogens is 134 g/mol. The van der Waals surface area contributed by atoms with Crippen molar-refractivity contribution in [1.29, 1.82) is 0 Å². The molecule has 0 bridgehead atoms. The number of nitrogens with zero attached hydrogens (tertiary/aromatic N) is 1. The molecule has 0 aliphatic heterocycles. The molecule has 0 atom stereocenters. The molecule has 0 fully saturated rings. The van der Waals surface area contributed by atoms with Gasteiger partial charge in [0.25, 0.3) is 0 Å². The maximum atomic E-state index is 4.23. The third-order valence-corrected chi connectivity index (χ3v) is 1.58. The average molecular weight is 147 g/mol. The highest BCUT2D eigenvalue weighted by Gasteiger charge is 1.92. The predicted molar refractivity (Wildman–Crippen MR) is 48.2 cm³/mol. The molecule has 0 saturated carbocycles. The minimum absolute atomic E-state index is 1.07. The van der Waals surface area contributed by atoms with Crippen molar-refractivity contribution < 1.29 is 0 Å². The minimum atomic E-state index is 1.07. The molecule has 0 unspecified atom stereocenters. The molecule has 1 aromatic heterocycles. The van der Waals surface area contributed by atoms with Gasteiger partial charge in [-0.1, -0.05) is 19.1 Å². The number of aromatic nitrogens is 1. The summed E-state index contributed by atoms with van der Waals surface area (Å²) in [7, 11) is 0. The summed E-state index contributed by atoms with van der Waals surface area (Å²) in [6.45, 7) is 4.22. The third-order valence-electron chi connectivity index (χ3n) is 1.58. The summed E-state index contributed by atoms with van der Waals surface area (Å²) >= 11 is 0. The average Bonchev–Trinajstić information content (AvgIpc) is 2.07. The van der Waals surface area contributed by atoms with E-state index in [1.165, 1.54) is 5.57 Å². The number of rotatable bonds is 2. The molecule has 0 N–H and O–H groups in total. The van der Waals surface area contributed by atoms with Gasteiger partial charge < -0.3 is 0 Å². The molecule has 1 aromatic rings. The van der Waals surface area contributed by atoms with E-state index in [-0.39, 0.29) is 0 Å². The van der Waals surface area contributed by atoms with Crippen molar-refractivity contribution >= 4 is 5.57 Å². The molecule has 0 aliphatic rings. The van der Waals surface area contributed by atoms with E-state index in [0.29, 0.717) is 0 Å². The maximum absolute atomic E-state index is 4.23. The van der Waals surface area contributed by atoms with Crippen LogP contribution in [0.2, 0.25) is 0 Å². The summed E-state index contributed by atoms with van der Waals surface area (Å²) in [5.41, 5.74) is 2.34.